The molecule has 1 aromatic heterocycles. The van der Waals surface area contributed by atoms with Crippen molar-refractivity contribution in [2.75, 3.05) is 13.6 Å². The second-order valence-electron chi connectivity index (χ2n) is 4.16. The molecule has 17 heavy (non-hydrogen) atoms. The molecule has 0 saturated carbocycles. The van der Waals surface area contributed by atoms with Crippen LogP contribution >= 0.6 is 11.6 Å². The number of aliphatic carboxylic acids is 1. The highest BCUT2D eigenvalue weighted by molar-refractivity contribution is 6.30. The summed E-state index contributed by atoms with van der Waals surface area (Å²) in [6, 6.07) is 0. The zero-order chi connectivity index (χ0) is 12.7. The van der Waals surface area contributed by atoms with Crippen LogP contribution in [0.25, 0.3) is 0 Å². The second-order valence-corrected chi connectivity index (χ2v) is 4.51. The van der Waals surface area contributed by atoms with Crippen molar-refractivity contribution in [3.63, 3.8) is 0 Å². The first-order chi connectivity index (χ1) is 7.93. The number of carboxylic acid groups (broad SMARTS) is 1. The highest BCUT2D eigenvalue weighted by Gasteiger charge is 2.45. The zero-order valence-corrected chi connectivity index (χ0v) is 10.2. The Morgan fingerprint density at radius 1 is 1.59 bits per heavy atom. The Bertz CT molecular complexity index is 485. The third-order valence-corrected chi connectivity index (χ3v) is 3.54. The molecule has 0 aliphatic carbocycles. The van der Waals surface area contributed by atoms with Crippen LogP contribution in [-0.2, 0) is 16.6 Å². The van der Waals surface area contributed by atoms with Crippen molar-refractivity contribution < 1.29 is 14.7 Å². The van der Waals surface area contributed by atoms with Crippen LogP contribution in [0.3, 0.4) is 0 Å². The number of carboxylic acids is 1. The van der Waals surface area contributed by atoms with E-state index in [0.29, 0.717) is 17.3 Å². The number of amides is 1. The summed E-state index contributed by atoms with van der Waals surface area (Å²) in [6.07, 6.45) is 1.52. The number of carbonyl (C=O) groups is 2. The van der Waals surface area contributed by atoms with E-state index in [1.54, 1.807) is 14.1 Å². The molecule has 1 aliphatic rings. The van der Waals surface area contributed by atoms with E-state index in [1.807, 2.05) is 0 Å². The van der Waals surface area contributed by atoms with Gasteiger partial charge in [0.25, 0.3) is 0 Å². The van der Waals surface area contributed by atoms with E-state index in [2.05, 4.69) is 5.10 Å². The van der Waals surface area contributed by atoms with Crippen LogP contribution in [0.2, 0.25) is 5.15 Å². The minimum atomic E-state index is -1.12. The highest BCUT2D eigenvalue weighted by atomic mass is 35.5. The topological polar surface area (TPSA) is 75.4 Å². The normalized spacial score (nSPS) is 24.4. The number of nitrogens with zero attached hydrogens (tertiary/aromatic N) is 3. The second kappa shape index (κ2) is 4.03. The molecule has 1 aromatic rings. The molecule has 7 heteroatoms. The smallest absolute Gasteiger partial charge is 0.316 e. The molecule has 92 valence electrons. The van der Waals surface area contributed by atoms with Gasteiger partial charge in [-0.25, -0.2) is 0 Å². The predicted molar refractivity (Wildman–Crippen MR) is 59.7 cm³/mol. The highest BCUT2D eigenvalue weighted by Crippen LogP contribution is 2.36. The summed E-state index contributed by atoms with van der Waals surface area (Å²) in [5.74, 6) is -3.01. The summed E-state index contributed by atoms with van der Waals surface area (Å²) >= 11 is 6.03. The van der Waals surface area contributed by atoms with E-state index in [0.717, 1.165) is 0 Å². The van der Waals surface area contributed by atoms with Crippen molar-refractivity contribution in [3.05, 3.63) is 16.9 Å². The van der Waals surface area contributed by atoms with Gasteiger partial charge in [0.2, 0.25) is 5.91 Å². The molecule has 0 radical (unpaired) electrons. The number of carbonyl (C=O) groups excluding carboxylic acids is 1. The van der Waals surface area contributed by atoms with Gasteiger partial charge in [-0.1, -0.05) is 11.6 Å². The summed E-state index contributed by atoms with van der Waals surface area (Å²) in [7, 11) is 3.25. The molecule has 6 nitrogen and oxygen atoms in total. The Kier molecular flexibility index (Phi) is 2.82. The molecule has 1 amide bonds. The fraction of sp³-hybridized carbons (Fsp3) is 0.500. The lowest BCUT2D eigenvalue weighted by Gasteiger charge is -2.11. The van der Waals surface area contributed by atoms with Crippen LogP contribution in [0.4, 0.5) is 0 Å². The molecule has 2 rings (SSSR count). The Morgan fingerprint density at radius 3 is 2.71 bits per heavy atom. The third kappa shape index (κ3) is 1.78. The van der Waals surface area contributed by atoms with Gasteiger partial charge in [0, 0.05) is 32.1 Å². The molecule has 1 N–H and O–H groups in total. The summed E-state index contributed by atoms with van der Waals surface area (Å²) < 4.78 is 1.46. The summed E-state index contributed by atoms with van der Waals surface area (Å²) in [5, 5.41) is 13.5. The van der Waals surface area contributed by atoms with Crippen molar-refractivity contribution in [1.29, 1.82) is 0 Å². The van der Waals surface area contributed by atoms with Gasteiger partial charge in [-0.3, -0.25) is 14.3 Å². The van der Waals surface area contributed by atoms with Crippen LogP contribution in [0.15, 0.2) is 6.20 Å². The summed E-state index contributed by atoms with van der Waals surface area (Å²) in [5.41, 5.74) is 0.610. The number of hydrogen-bond donors (Lipinski definition) is 1. The molecular weight excluding hydrogens is 246 g/mol. The van der Waals surface area contributed by atoms with Gasteiger partial charge >= 0.3 is 5.97 Å². The molecule has 0 bridgehead atoms. The number of rotatable bonds is 2. The molecular formula is C10H12ClN3O3. The number of aryl methyl sites for hydroxylation is 1. The molecule has 1 aliphatic heterocycles. The fourth-order valence-corrected chi connectivity index (χ4v) is 2.38. The van der Waals surface area contributed by atoms with Crippen molar-refractivity contribution >= 4 is 23.5 Å². The minimum Gasteiger partial charge on any atom is -0.481 e. The van der Waals surface area contributed by atoms with Crippen molar-refractivity contribution in [1.82, 2.24) is 14.7 Å². The van der Waals surface area contributed by atoms with E-state index in [-0.39, 0.29) is 5.91 Å². The predicted octanol–water partition coefficient (Wildman–Crippen LogP) is 0.330. The van der Waals surface area contributed by atoms with Crippen LogP contribution in [0.1, 0.15) is 11.5 Å². The monoisotopic (exact) mass is 257 g/mol. The van der Waals surface area contributed by atoms with Gasteiger partial charge in [0.05, 0.1) is 6.20 Å². The number of hydrogen-bond acceptors (Lipinski definition) is 3. The van der Waals surface area contributed by atoms with E-state index in [4.69, 9.17) is 16.7 Å². The molecule has 1 saturated heterocycles. The van der Waals surface area contributed by atoms with E-state index < -0.39 is 17.8 Å². The Morgan fingerprint density at radius 2 is 2.24 bits per heavy atom. The molecule has 0 aromatic carbocycles. The van der Waals surface area contributed by atoms with Crippen LogP contribution in [0, 0.1) is 5.92 Å². The fourth-order valence-electron chi connectivity index (χ4n) is 2.14. The largest absolute Gasteiger partial charge is 0.481 e. The van der Waals surface area contributed by atoms with E-state index >= 15 is 0 Å². The lowest BCUT2D eigenvalue weighted by molar-refractivity contribution is -0.147. The van der Waals surface area contributed by atoms with Gasteiger partial charge in [0.1, 0.15) is 11.1 Å². The quantitative estimate of drug-likeness (QED) is 0.775. The first-order valence-electron chi connectivity index (χ1n) is 5.08. The number of likely N-dealkylation sites (tertiary alicyclic amines) is 1. The maximum Gasteiger partial charge on any atom is 0.316 e. The Balaban J connectivity index is 2.41. The van der Waals surface area contributed by atoms with Crippen molar-refractivity contribution in [2.45, 2.75) is 5.92 Å². The van der Waals surface area contributed by atoms with Gasteiger partial charge < -0.3 is 10.0 Å². The van der Waals surface area contributed by atoms with Crippen molar-refractivity contribution in [2.24, 2.45) is 13.0 Å². The number of aromatic nitrogens is 2. The first kappa shape index (κ1) is 11.9. The average Bonchev–Trinajstić information content (AvgIpc) is 2.71. The SMILES string of the molecule is CN1CC(c2cnn(C)c2Cl)C(C(=O)O)C1=O. The minimum absolute atomic E-state index is 0.348. The molecule has 2 unspecified atom stereocenters. The number of likely N-dealkylation sites (N-methyl/N-ethyl adjacent to an activating group) is 1. The Labute approximate surface area is 103 Å². The summed E-state index contributed by atoms with van der Waals surface area (Å²) in [6.45, 7) is 0.348. The molecule has 1 fully saturated rings. The van der Waals surface area contributed by atoms with Crippen LogP contribution in [0.5, 0.6) is 0 Å². The van der Waals surface area contributed by atoms with Crippen molar-refractivity contribution in [3.8, 4) is 0 Å². The van der Waals surface area contributed by atoms with Crippen LogP contribution in [-0.4, -0.2) is 45.3 Å². The third-order valence-electron chi connectivity index (χ3n) is 3.07. The van der Waals surface area contributed by atoms with Crippen LogP contribution < -0.4 is 0 Å². The molecule has 0 spiro atoms. The van der Waals surface area contributed by atoms with Gasteiger partial charge in [-0.2, -0.15) is 5.10 Å². The maximum atomic E-state index is 11.7. The van der Waals surface area contributed by atoms with Gasteiger partial charge in [-0.15, -0.1) is 0 Å². The Hall–Kier alpha value is -1.56. The first-order valence-corrected chi connectivity index (χ1v) is 5.46. The van der Waals surface area contributed by atoms with E-state index in [9.17, 15) is 9.59 Å². The lowest BCUT2D eigenvalue weighted by atomic mass is 9.90. The van der Waals surface area contributed by atoms with Gasteiger partial charge in [-0.05, 0) is 0 Å². The lowest BCUT2D eigenvalue weighted by Crippen LogP contribution is -2.28. The maximum absolute atomic E-state index is 11.7. The molecule has 2 heterocycles. The average molecular weight is 258 g/mol. The summed E-state index contributed by atoms with van der Waals surface area (Å²) in [4.78, 5) is 24.3. The zero-order valence-electron chi connectivity index (χ0n) is 9.42. The standard InChI is InChI=1S/C10H12ClN3O3/c1-13-4-6(7(9(13)15)10(16)17)5-3-12-14(2)8(5)11/h3,6-7H,4H2,1-2H3,(H,16,17). The number of halogens is 1. The van der Waals surface area contributed by atoms with Gasteiger partial charge in [0.15, 0.2) is 0 Å². The van der Waals surface area contributed by atoms with E-state index in [1.165, 1.54) is 15.8 Å². The molecule has 2 atom stereocenters.